The summed E-state index contributed by atoms with van der Waals surface area (Å²) < 4.78 is 38.7. The summed E-state index contributed by atoms with van der Waals surface area (Å²) >= 11 is 3.23. The Kier molecular flexibility index (Phi) is 4.57. The summed E-state index contributed by atoms with van der Waals surface area (Å²) in [6.45, 7) is 0.168. The van der Waals surface area contributed by atoms with E-state index in [1.807, 2.05) is 0 Å². The number of sulfone groups is 1. The molecule has 20 heavy (non-hydrogen) atoms. The van der Waals surface area contributed by atoms with Gasteiger partial charge in [-0.25, -0.2) is 12.8 Å². The molecule has 6 heteroatoms. The van der Waals surface area contributed by atoms with Crippen molar-refractivity contribution in [2.45, 2.75) is 17.2 Å². The molecule has 106 valence electrons. The number of hydrogen-bond acceptors (Lipinski definition) is 3. The van der Waals surface area contributed by atoms with Crippen molar-refractivity contribution in [2.75, 3.05) is 0 Å². The van der Waals surface area contributed by atoms with Crippen LogP contribution in [-0.4, -0.2) is 8.42 Å². The highest BCUT2D eigenvalue weighted by atomic mass is 79.9. The normalized spacial score (nSPS) is 11.6. The summed E-state index contributed by atoms with van der Waals surface area (Å²) in [6.07, 6.45) is 0. The van der Waals surface area contributed by atoms with E-state index in [1.54, 1.807) is 18.2 Å². The lowest BCUT2D eigenvalue weighted by Gasteiger charge is -2.07. The molecule has 0 aliphatic heterocycles. The van der Waals surface area contributed by atoms with E-state index in [4.69, 9.17) is 5.73 Å². The van der Waals surface area contributed by atoms with E-state index < -0.39 is 15.7 Å². The van der Waals surface area contributed by atoms with Crippen LogP contribution < -0.4 is 5.73 Å². The Labute approximate surface area is 125 Å². The minimum atomic E-state index is -3.52. The molecule has 3 nitrogen and oxygen atoms in total. The van der Waals surface area contributed by atoms with Crippen LogP contribution in [0.2, 0.25) is 0 Å². The highest BCUT2D eigenvalue weighted by Crippen LogP contribution is 2.21. The Balaban J connectivity index is 2.35. The molecule has 2 rings (SSSR count). The molecule has 0 aliphatic carbocycles. The topological polar surface area (TPSA) is 60.2 Å². The van der Waals surface area contributed by atoms with Crippen LogP contribution in [0.3, 0.4) is 0 Å². The second kappa shape index (κ2) is 6.03. The predicted octanol–water partition coefficient (Wildman–Crippen LogP) is 3.02. The second-order valence-corrected chi connectivity index (χ2v) is 7.29. The quantitative estimate of drug-likeness (QED) is 0.914. The van der Waals surface area contributed by atoms with E-state index in [-0.39, 0.29) is 17.2 Å². The lowest BCUT2D eigenvalue weighted by Crippen LogP contribution is -2.06. The molecular weight excluding hydrogens is 345 g/mol. The minimum Gasteiger partial charge on any atom is -0.326 e. The Hall–Kier alpha value is -1.24. The Morgan fingerprint density at radius 2 is 1.80 bits per heavy atom. The van der Waals surface area contributed by atoms with Crippen molar-refractivity contribution in [1.29, 1.82) is 0 Å². The zero-order valence-electron chi connectivity index (χ0n) is 10.5. The van der Waals surface area contributed by atoms with Crippen LogP contribution in [-0.2, 0) is 22.1 Å². The Morgan fingerprint density at radius 1 is 1.10 bits per heavy atom. The molecule has 0 aromatic heterocycles. The molecular formula is C14H13BrFNO2S. The number of halogens is 2. The first kappa shape index (κ1) is 15.2. The first-order valence-electron chi connectivity index (χ1n) is 5.87. The SMILES string of the molecule is NCc1cc(F)cc(CS(=O)(=O)c2cccc(Br)c2)c1. The molecule has 0 bridgehead atoms. The molecule has 0 unspecified atom stereocenters. The lowest BCUT2D eigenvalue weighted by molar-refractivity contribution is 0.594. The van der Waals surface area contributed by atoms with Gasteiger partial charge in [-0.05, 0) is 41.5 Å². The molecule has 0 atom stereocenters. The third kappa shape index (κ3) is 3.65. The first-order chi connectivity index (χ1) is 9.40. The van der Waals surface area contributed by atoms with Crippen molar-refractivity contribution in [3.05, 3.63) is 63.9 Å². The van der Waals surface area contributed by atoms with Crippen molar-refractivity contribution in [3.63, 3.8) is 0 Å². The van der Waals surface area contributed by atoms with Crippen molar-refractivity contribution in [1.82, 2.24) is 0 Å². The standard InChI is InChI=1S/C14H13BrFNO2S/c15-12-2-1-3-14(7-12)20(18,19)9-11-4-10(8-17)5-13(16)6-11/h1-7H,8-9,17H2. The van der Waals surface area contributed by atoms with Crippen molar-refractivity contribution in [2.24, 2.45) is 5.73 Å². The molecule has 2 aromatic rings. The first-order valence-corrected chi connectivity index (χ1v) is 8.32. The van der Waals surface area contributed by atoms with Crippen LogP contribution in [0.1, 0.15) is 11.1 Å². The summed E-state index contributed by atoms with van der Waals surface area (Å²) in [6, 6.07) is 10.6. The molecule has 2 N–H and O–H groups in total. The second-order valence-electron chi connectivity index (χ2n) is 4.39. The van der Waals surface area contributed by atoms with Crippen LogP contribution >= 0.6 is 15.9 Å². The van der Waals surface area contributed by atoms with Gasteiger partial charge in [-0.2, -0.15) is 0 Å². The molecule has 0 heterocycles. The maximum Gasteiger partial charge on any atom is 0.182 e. The molecule has 0 radical (unpaired) electrons. The highest BCUT2D eigenvalue weighted by Gasteiger charge is 2.16. The van der Waals surface area contributed by atoms with Crippen LogP contribution in [0.25, 0.3) is 0 Å². The Morgan fingerprint density at radius 3 is 2.45 bits per heavy atom. The third-order valence-electron chi connectivity index (χ3n) is 2.76. The van der Waals surface area contributed by atoms with Crippen molar-refractivity contribution < 1.29 is 12.8 Å². The van der Waals surface area contributed by atoms with Crippen molar-refractivity contribution >= 4 is 25.8 Å². The van der Waals surface area contributed by atoms with Gasteiger partial charge >= 0.3 is 0 Å². The molecule has 0 saturated heterocycles. The van der Waals surface area contributed by atoms with Gasteiger partial charge in [0, 0.05) is 11.0 Å². The summed E-state index contributed by atoms with van der Waals surface area (Å²) in [5, 5.41) is 0. The zero-order chi connectivity index (χ0) is 14.8. The minimum absolute atomic E-state index is 0.168. The molecule has 0 saturated carbocycles. The van der Waals surface area contributed by atoms with Gasteiger partial charge in [-0.3, -0.25) is 0 Å². The average Bonchev–Trinajstić information content (AvgIpc) is 2.37. The maximum atomic E-state index is 13.4. The smallest absolute Gasteiger partial charge is 0.182 e. The predicted molar refractivity (Wildman–Crippen MR) is 79.3 cm³/mol. The molecule has 2 aromatic carbocycles. The van der Waals surface area contributed by atoms with Crippen LogP contribution in [0.4, 0.5) is 4.39 Å². The van der Waals surface area contributed by atoms with E-state index in [0.29, 0.717) is 15.6 Å². The number of benzene rings is 2. The van der Waals surface area contributed by atoms with Gasteiger partial charge in [0.25, 0.3) is 0 Å². The number of rotatable bonds is 4. The lowest BCUT2D eigenvalue weighted by atomic mass is 10.1. The number of hydrogen-bond donors (Lipinski definition) is 1. The van der Waals surface area contributed by atoms with Gasteiger partial charge in [0.05, 0.1) is 10.6 Å². The summed E-state index contributed by atoms with van der Waals surface area (Å²) in [7, 11) is -3.52. The van der Waals surface area contributed by atoms with E-state index in [0.717, 1.165) is 0 Å². The van der Waals surface area contributed by atoms with Gasteiger partial charge in [-0.15, -0.1) is 0 Å². The Bertz CT molecular complexity index is 732. The van der Waals surface area contributed by atoms with Crippen LogP contribution in [0.15, 0.2) is 51.8 Å². The van der Waals surface area contributed by atoms with E-state index in [2.05, 4.69) is 15.9 Å². The van der Waals surface area contributed by atoms with Gasteiger partial charge in [0.2, 0.25) is 0 Å². The summed E-state index contributed by atoms with van der Waals surface area (Å²) in [5.41, 5.74) is 6.43. The summed E-state index contributed by atoms with van der Waals surface area (Å²) in [4.78, 5) is 0.199. The fourth-order valence-electron chi connectivity index (χ4n) is 1.88. The fourth-order valence-corrected chi connectivity index (χ4v) is 3.80. The van der Waals surface area contributed by atoms with Gasteiger partial charge in [0.15, 0.2) is 9.84 Å². The zero-order valence-corrected chi connectivity index (χ0v) is 12.9. The van der Waals surface area contributed by atoms with E-state index in [1.165, 1.54) is 24.3 Å². The molecule has 0 aliphatic rings. The third-order valence-corrected chi connectivity index (χ3v) is 4.94. The average molecular weight is 358 g/mol. The molecule has 0 spiro atoms. The van der Waals surface area contributed by atoms with Gasteiger partial charge in [-0.1, -0.05) is 28.1 Å². The summed E-state index contributed by atoms with van der Waals surface area (Å²) in [5.74, 6) is -0.735. The van der Waals surface area contributed by atoms with Gasteiger partial charge < -0.3 is 5.73 Å². The van der Waals surface area contributed by atoms with Crippen LogP contribution in [0, 0.1) is 5.82 Å². The maximum absolute atomic E-state index is 13.4. The number of nitrogens with two attached hydrogens (primary N) is 1. The fraction of sp³-hybridized carbons (Fsp3) is 0.143. The highest BCUT2D eigenvalue weighted by molar-refractivity contribution is 9.10. The monoisotopic (exact) mass is 357 g/mol. The molecule has 0 amide bonds. The van der Waals surface area contributed by atoms with Crippen LogP contribution in [0.5, 0.6) is 0 Å². The van der Waals surface area contributed by atoms with E-state index >= 15 is 0 Å². The van der Waals surface area contributed by atoms with Gasteiger partial charge in [0.1, 0.15) is 5.82 Å². The van der Waals surface area contributed by atoms with Crippen molar-refractivity contribution in [3.8, 4) is 0 Å². The molecule has 0 fully saturated rings. The van der Waals surface area contributed by atoms with E-state index in [9.17, 15) is 12.8 Å². The largest absolute Gasteiger partial charge is 0.326 e.